The second kappa shape index (κ2) is 6.32. The van der Waals surface area contributed by atoms with Crippen molar-refractivity contribution in [3.63, 3.8) is 0 Å². The summed E-state index contributed by atoms with van der Waals surface area (Å²) in [5.41, 5.74) is 0.995. The van der Waals surface area contributed by atoms with Crippen molar-refractivity contribution >= 4 is 33.1 Å². The van der Waals surface area contributed by atoms with E-state index < -0.39 is 0 Å². The number of nitrogens with one attached hydrogen (secondary N) is 1. The molecule has 3 aromatic rings. The van der Waals surface area contributed by atoms with Crippen LogP contribution >= 0.6 is 11.3 Å². The summed E-state index contributed by atoms with van der Waals surface area (Å²) in [6.07, 6.45) is 0.824. The number of rotatable bonds is 5. The molecule has 0 saturated heterocycles. The number of fused-ring (bicyclic) bond motifs is 1. The molecule has 2 aromatic heterocycles. The van der Waals surface area contributed by atoms with Gasteiger partial charge in [-0.3, -0.25) is 0 Å². The van der Waals surface area contributed by atoms with Crippen LogP contribution in [0, 0.1) is 6.92 Å². The molecule has 22 heavy (non-hydrogen) atoms. The summed E-state index contributed by atoms with van der Waals surface area (Å²) in [4.78, 5) is 11.5. The Labute approximate surface area is 134 Å². The number of ether oxygens (including phenoxy) is 1. The van der Waals surface area contributed by atoms with Crippen LogP contribution in [0.2, 0.25) is 0 Å². The zero-order valence-electron chi connectivity index (χ0n) is 13.0. The SMILES string of the molecule is CCOc1ccc(Nc2nc(CC)nc3sc(C)cc23)cc1. The van der Waals surface area contributed by atoms with Crippen LogP contribution in [0.25, 0.3) is 10.2 Å². The summed E-state index contributed by atoms with van der Waals surface area (Å²) in [6.45, 7) is 6.82. The lowest BCUT2D eigenvalue weighted by atomic mass is 10.2. The van der Waals surface area contributed by atoms with Crippen molar-refractivity contribution in [1.29, 1.82) is 0 Å². The zero-order chi connectivity index (χ0) is 15.5. The Hall–Kier alpha value is -2.14. The van der Waals surface area contributed by atoms with E-state index >= 15 is 0 Å². The van der Waals surface area contributed by atoms with Gasteiger partial charge in [-0.15, -0.1) is 11.3 Å². The highest BCUT2D eigenvalue weighted by atomic mass is 32.1. The van der Waals surface area contributed by atoms with E-state index in [1.165, 1.54) is 4.88 Å². The highest BCUT2D eigenvalue weighted by Crippen LogP contribution is 2.30. The van der Waals surface area contributed by atoms with E-state index in [0.29, 0.717) is 6.61 Å². The summed E-state index contributed by atoms with van der Waals surface area (Å²) in [6, 6.07) is 10.1. The number of anilines is 2. The van der Waals surface area contributed by atoms with Crippen LogP contribution in [0.1, 0.15) is 24.5 Å². The molecule has 0 aliphatic carbocycles. The van der Waals surface area contributed by atoms with Gasteiger partial charge in [0.1, 0.15) is 22.2 Å². The molecular weight excluding hydrogens is 294 g/mol. The van der Waals surface area contributed by atoms with Crippen molar-refractivity contribution in [2.75, 3.05) is 11.9 Å². The predicted molar refractivity (Wildman–Crippen MR) is 92.4 cm³/mol. The number of aromatic nitrogens is 2. The molecule has 114 valence electrons. The van der Waals surface area contributed by atoms with Crippen LogP contribution in [0.15, 0.2) is 30.3 Å². The topological polar surface area (TPSA) is 47.0 Å². The summed E-state index contributed by atoms with van der Waals surface area (Å²) in [7, 11) is 0. The van der Waals surface area contributed by atoms with Crippen molar-refractivity contribution in [3.8, 4) is 5.75 Å². The Balaban J connectivity index is 1.95. The highest BCUT2D eigenvalue weighted by Gasteiger charge is 2.10. The number of hydrogen-bond acceptors (Lipinski definition) is 5. The van der Waals surface area contributed by atoms with Gasteiger partial charge in [-0.2, -0.15) is 0 Å². The van der Waals surface area contributed by atoms with Gasteiger partial charge in [0.15, 0.2) is 0 Å². The maximum atomic E-state index is 5.47. The molecular formula is C17H19N3OS. The quantitative estimate of drug-likeness (QED) is 0.741. The molecule has 0 spiro atoms. The average Bonchev–Trinajstić information content (AvgIpc) is 2.90. The lowest BCUT2D eigenvalue weighted by Gasteiger charge is -2.09. The third kappa shape index (κ3) is 3.04. The fourth-order valence-electron chi connectivity index (χ4n) is 2.28. The van der Waals surface area contributed by atoms with Crippen molar-refractivity contribution in [2.45, 2.75) is 27.2 Å². The summed E-state index contributed by atoms with van der Waals surface area (Å²) < 4.78 is 5.47. The number of benzene rings is 1. The number of nitrogens with zero attached hydrogens (tertiary/aromatic N) is 2. The lowest BCUT2D eigenvalue weighted by Crippen LogP contribution is -2.00. The van der Waals surface area contributed by atoms with Gasteiger partial charge in [-0.05, 0) is 44.2 Å². The van der Waals surface area contributed by atoms with Crippen molar-refractivity contribution in [3.05, 3.63) is 41.0 Å². The van der Waals surface area contributed by atoms with Crippen LogP contribution in [-0.4, -0.2) is 16.6 Å². The maximum absolute atomic E-state index is 5.47. The number of thiophene rings is 1. The molecule has 3 rings (SSSR count). The standard InChI is InChI=1S/C17H19N3OS/c1-4-15-19-16(14-10-11(3)22-17(14)20-15)18-12-6-8-13(9-7-12)21-5-2/h6-10H,4-5H2,1-3H3,(H,18,19,20). The van der Waals surface area contributed by atoms with Gasteiger partial charge in [0.25, 0.3) is 0 Å². The van der Waals surface area contributed by atoms with Crippen LogP contribution in [-0.2, 0) is 6.42 Å². The molecule has 0 aliphatic heterocycles. The average molecular weight is 313 g/mol. The second-order valence-electron chi connectivity index (χ2n) is 5.00. The molecule has 0 fully saturated rings. The van der Waals surface area contributed by atoms with E-state index in [0.717, 1.165) is 39.7 Å². The van der Waals surface area contributed by atoms with E-state index in [-0.39, 0.29) is 0 Å². The molecule has 0 aliphatic rings. The molecule has 0 radical (unpaired) electrons. The van der Waals surface area contributed by atoms with Crippen LogP contribution in [0.3, 0.4) is 0 Å². The Morgan fingerprint density at radius 2 is 1.91 bits per heavy atom. The van der Waals surface area contributed by atoms with Gasteiger partial charge in [0.05, 0.1) is 12.0 Å². The van der Waals surface area contributed by atoms with Gasteiger partial charge >= 0.3 is 0 Å². The molecule has 0 amide bonds. The highest BCUT2D eigenvalue weighted by molar-refractivity contribution is 7.18. The first kappa shape index (κ1) is 14.8. The first-order valence-electron chi connectivity index (χ1n) is 7.46. The minimum atomic E-state index is 0.674. The van der Waals surface area contributed by atoms with Gasteiger partial charge in [0.2, 0.25) is 0 Å². The van der Waals surface area contributed by atoms with E-state index in [1.807, 2.05) is 31.2 Å². The molecule has 4 nitrogen and oxygen atoms in total. The van der Waals surface area contributed by atoms with E-state index in [4.69, 9.17) is 4.74 Å². The van der Waals surface area contributed by atoms with E-state index in [2.05, 4.69) is 35.2 Å². The minimum absolute atomic E-state index is 0.674. The normalized spacial score (nSPS) is 10.9. The molecule has 1 N–H and O–H groups in total. The largest absolute Gasteiger partial charge is 0.494 e. The number of hydrogen-bond donors (Lipinski definition) is 1. The Morgan fingerprint density at radius 3 is 2.59 bits per heavy atom. The molecule has 0 bridgehead atoms. The Kier molecular flexibility index (Phi) is 4.24. The third-order valence-corrected chi connectivity index (χ3v) is 4.25. The molecule has 1 aromatic carbocycles. The maximum Gasteiger partial charge on any atom is 0.142 e. The lowest BCUT2D eigenvalue weighted by molar-refractivity contribution is 0.340. The fraction of sp³-hybridized carbons (Fsp3) is 0.294. The first-order chi connectivity index (χ1) is 10.7. The Bertz CT molecular complexity index is 780. The van der Waals surface area contributed by atoms with Gasteiger partial charge < -0.3 is 10.1 Å². The van der Waals surface area contributed by atoms with E-state index in [1.54, 1.807) is 11.3 Å². The van der Waals surface area contributed by atoms with Gasteiger partial charge in [-0.25, -0.2) is 9.97 Å². The van der Waals surface area contributed by atoms with Gasteiger partial charge in [0, 0.05) is 17.0 Å². The Morgan fingerprint density at radius 1 is 1.14 bits per heavy atom. The van der Waals surface area contributed by atoms with E-state index in [9.17, 15) is 0 Å². The molecule has 5 heteroatoms. The first-order valence-corrected chi connectivity index (χ1v) is 8.28. The fourth-order valence-corrected chi connectivity index (χ4v) is 3.18. The van der Waals surface area contributed by atoms with Crippen LogP contribution in [0.4, 0.5) is 11.5 Å². The third-order valence-electron chi connectivity index (χ3n) is 3.31. The van der Waals surface area contributed by atoms with Gasteiger partial charge in [-0.1, -0.05) is 6.92 Å². The molecule has 0 saturated carbocycles. The monoisotopic (exact) mass is 313 g/mol. The second-order valence-corrected chi connectivity index (χ2v) is 6.24. The van der Waals surface area contributed by atoms with Crippen molar-refractivity contribution < 1.29 is 4.74 Å². The summed E-state index contributed by atoms with van der Waals surface area (Å²) >= 11 is 1.70. The molecule has 0 unspecified atom stereocenters. The predicted octanol–water partition coefficient (Wildman–Crippen LogP) is 4.70. The number of aryl methyl sites for hydroxylation is 2. The zero-order valence-corrected chi connectivity index (χ0v) is 13.8. The van der Waals surface area contributed by atoms with Crippen molar-refractivity contribution in [2.24, 2.45) is 0 Å². The molecule has 2 heterocycles. The molecule has 0 atom stereocenters. The smallest absolute Gasteiger partial charge is 0.142 e. The van der Waals surface area contributed by atoms with Crippen LogP contribution in [0.5, 0.6) is 5.75 Å². The summed E-state index contributed by atoms with van der Waals surface area (Å²) in [5.74, 6) is 2.61. The summed E-state index contributed by atoms with van der Waals surface area (Å²) in [5, 5.41) is 4.48. The van der Waals surface area contributed by atoms with Crippen LogP contribution < -0.4 is 10.1 Å². The van der Waals surface area contributed by atoms with Crippen molar-refractivity contribution in [1.82, 2.24) is 9.97 Å². The minimum Gasteiger partial charge on any atom is -0.494 e.